The maximum absolute atomic E-state index is 9.20. The molecule has 2 aromatic rings. The van der Waals surface area contributed by atoms with Crippen LogP contribution in [0.5, 0.6) is 0 Å². The minimum absolute atomic E-state index is 0.202. The molecule has 0 bridgehead atoms. The van der Waals surface area contributed by atoms with Gasteiger partial charge in [0.1, 0.15) is 0 Å². The first-order valence-electron chi connectivity index (χ1n) is 5.72. The van der Waals surface area contributed by atoms with Crippen molar-refractivity contribution < 1.29 is 5.11 Å². The Balaban J connectivity index is 2.14. The van der Waals surface area contributed by atoms with Gasteiger partial charge in [-0.3, -0.25) is 0 Å². The van der Waals surface area contributed by atoms with Gasteiger partial charge in [0.05, 0.1) is 6.61 Å². The van der Waals surface area contributed by atoms with Crippen molar-refractivity contribution in [1.82, 2.24) is 10.3 Å². The zero-order chi connectivity index (χ0) is 11.1. The number of nitrogens with one attached hydrogen (secondary N) is 2. The molecule has 0 radical (unpaired) electrons. The summed E-state index contributed by atoms with van der Waals surface area (Å²) in [5.74, 6) is 0. The highest BCUT2D eigenvalue weighted by Crippen LogP contribution is 2.27. The van der Waals surface area contributed by atoms with Gasteiger partial charge in [0, 0.05) is 29.2 Å². The number of H-pyrrole nitrogens is 1. The van der Waals surface area contributed by atoms with Crippen LogP contribution >= 0.6 is 0 Å². The summed E-state index contributed by atoms with van der Waals surface area (Å²) < 4.78 is 0. The molecule has 1 aromatic carbocycles. The highest BCUT2D eigenvalue weighted by molar-refractivity contribution is 5.85. The minimum atomic E-state index is 0.202. The normalized spacial score (nSPS) is 20.0. The number of aromatic amines is 1. The second kappa shape index (κ2) is 3.61. The number of benzene rings is 1. The molecule has 1 aromatic heterocycles. The SMILES string of the molecule is Cc1ccc2c3c([nH]c2c1)CNC(CO)C3. The van der Waals surface area contributed by atoms with Crippen LogP contribution in [0.4, 0.5) is 0 Å². The average molecular weight is 216 g/mol. The topological polar surface area (TPSA) is 48.0 Å². The molecule has 0 amide bonds. The number of fused-ring (bicyclic) bond motifs is 3. The highest BCUT2D eigenvalue weighted by Gasteiger charge is 2.20. The van der Waals surface area contributed by atoms with Crippen molar-refractivity contribution in [1.29, 1.82) is 0 Å². The summed E-state index contributed by atoms with van der Waals surface area (Å²) in [5, 5.41) is 13.8. The second-order valence-corrected chi connectivity index (χ2v) is 4.60. The summed E-state index contributed by atoms with van der Waals surface area (Å²) >= 11 is 0. The lowest BCUT2D eigenvalue weighted by Gasteiger charge is -2.22. The first-order chi connectivity index (χ1) is 7.78. The van der Waals surface area contributed by atoms with Gasteiger partial charge < -0.3 is 15.4 Å². The standard InChI is InChI=1S/C13H16N2O/c1-8-2-3-10-11-5-9(7-16)14-6-13(11)15-12(10)4-8/h2-4,9,14-16H,5-7H2,1H3. The van der Waals surface area contributed by atoms with E-state index in [9.17, 15) is 5.11 Å². The van der Waals surface area contributed by atoms with E-state index in [1.807, 2.05) is 0 Å². The average Bonchev–Trinajstić information content (AvgIpc) is 2.65. The van der Waals surface area contributed by atoms with E-state index < -0.39 is 0 Å². The molecule has 1 unspecified atom stereocenters. The molecule has 0 spiro atoms. The smallest absolute Gasteiger partial charge is 0.0588 e. The van der Waals surface area contributed by atoms with Crippen molar-refractivity contribution in [2.24, 2.45) is 0 Å². The van der Waals surface area contributed by atoms with E-state index in [0.717, 1.165) is 13.0 Å². The molecule has 0 saturated heterocycles. The first kappa shape index (κ1) is 9.87. The maximum Gasteiger partial charge on any atom is 0.0588 e. The van der Waals surface area contributed by atoms with Crippen molar-refractivity contribution in [2.45, 2.75) is 25.9 Å². The van der Waals surface area contributed by atoms with Crippen LogP contribution in [0.3, 0.4) is 0 Å². The molecule has 2 heterocycles. The summed E-state index contributed by atoms with van der Waals surface area (Å²) in [4.78, 5) is 3.46. The van der Waals surface area contributed by atoms with Crippen LogP contribution in [0.15, 0.2) is 18.2 Å². The van der Waals surface area contributed by atoms with Crippen molar-refractivity contribution in [2.75, 3.05) is 6.61 Å². The molecule has 1 aliphatic rings. The van der Waals surface area contributed by atoms with Gasteiger partial charge in [0.15, 0.2) is 0 Å². The summed E-state index contributed by atoms with van der Waals surface area (Å²) in [7, 11) is 0. The lowest BCUT2D eigenvalue weighted by atomic mass is 9.99. The zero-order valence-corrected chi connectivity index (χ0v) is 9.38. The van der Waals surface area contributed by atoms with Crippen molar-refractivity contribution in [3.05, 3.63) is 35.0 Å². The Morgan fingerprint density at radius 1 is 1.44 bits per heavy atom. The van der Waals surface area contributed by atoms with E-state index in [4.69, 9.17) is 0 Å². The summed E-state index contributed by atoms with van der Waals surface area (Å²) in [6.45, 7) is 3.14. The van der Waals surface area contributed by atoms with Gasteiger partial charge in [-0.2, -0.15) is 0 Å². The van der Waals surface area contributed by atoms with Crippen LogP contribution in [-0.4, -0.2) is 22.7 Å². The molecule has 0 saturated carbocycles. The number of hydrogen-bond donors (Lipinski definition) is 3. The van der Waals surface area contributed by atoms with Gasteiger partial charge in [-0.1, -0.05) is 12.1 Å². The number of hydrogen-bond acceptors (Lipinski definition) is 2. The van der Waals surface area contributed by atoms with Crippen molar-refractivity contribution in [3.8, 4) is 0 Å². The lowest BCUT2D eigenvalue weighted by molar-refractivity contribution is 0.235. The zero-order valence-electron chi connectivity index (χ0n) is 9.38. The van der Waals surface area contributed by atoms with Crippen LogP contribution in [0.2, 0.25) is 0 Å². The number of aliphatic hydroxyl groups excluding tert-OH is 1. The molecule has 3 heteroatoms. The Bertz CT molecular complexity index is 530. The molecule has 1 atom stereocenters. The maximum atomic E-state index is 9.20. The fourth-order valence-corrected chi connectivity index (χ4v) is 2.50. The van der Waals surface area contributed by atoms with Gasteiger partial charge >= 0.3 is 0 Å². The van der Waals surface area contributed by atoms with E-state index >= 15 is 0 Å². The summed E-state index contributed by atoms with van der Waals surface area (Å²) in [6, 6.07) is 6.71. The van der Waals surface area contributed by atoms with Crippen LogP contribution in [0.1, 0.15) is 16.8 Å². The Hall–Kier alpha value is -1.32. The fourth-order valence-electron chi connectivity index (χ4n) is 2.50. The Morgan fingerprint density at radius 3 is 3.12 bits per heavy atom. The number of aliphatic hydroxyl groups is 1. The third-order valence-corrected chi connectivity index (χ3v) is 3.39. The Labute approximate surface area is 94.5 Å². The number of aromatic nitrogens is 1. The fraction of sp³-hybridized carbons (Fsp3) is 0.385. The van der Waals surface area contributed by atoms with Crippen LogP contribution in [0, 0.1) is 6.92 Å². The highest BCUT2D eigenvalue weighted by atomic mass is 16.3. The van der Waals surface area contributed by atoms with Gasteiger partial charge in [0.25, 0.3) is 0 Å². The summed E-state index contributed by atoms with van der Waals surface area (Å²) in [6.07, 6.45) is 0.912. The van der Waals surface area contributed by atoms with Crippen LogP contribution in [0.25, 0.3) is 10.9 Å². The minimum Gasteiger partial charge on any atom is -0.395 e. The molecule has 0 fully saturated rings. The van der Waals surface area contributed by atoms with Crippen molar-refractivity contribution in [3.63, 3.8) is 0 Å². The van der Waals surface area contributed by atoms with E-state index in [-0.39, 0.29) is 12.6 Å². The molecule has 0 aliphatic carbocycles. The van der Waals surface area contributed by atoms with E-state index in [1.54, 1.807) is 0 Å². The Kier molecular flexibility index (Phi) is 2.23. The van der Waals surface area contributed by atoms with Crippen LogP contribution < -0.4 is 5.32 Å². The van der Waals surface area contributed by atoms with Gasteiger partial charge in [-0.15, -0.1) is 0 Å². The molecule has 3 rings (SSSR count). The van der Waals surface area contributed by atoms with Crippen molar-refractivity contribution >= 4 is 10.9 Å². The Morgan fingerprint density at radius 2 is 2.31 bits per heavy atom. The quantitative estimate of drug-likeness (QED) is 0.676. The van der Waals surface area contributed by atoms with E-state index in [1.165, 1.54) is 27.7 Å². The molecular weight excluding hydrogens is 200 g/mol. The van der Waals surface area contributed by atoms with Gasteiger partial charge in [-0.05, 0) is 30.5 Å². The van der Waals surface area contributed by atoms with E-state index in [0.29, 0.717) is 0 Å². The predicted octanol–water partition coefficient (Wildman–Crippen LogP) is 1.48. The molecule has 3 N–H and O–H groups in total. The summed E-state index contributed by atoms with van der Waals surface area (Å²) in [5.41, 5.74) is 5.13. The predicted molar refractivity (Wildman–Crippen MR) is 64.5 cm³/mol. The largest absolute Gasteiger partial charge is 0.395 e. The molecule has 84 valence electrons. The van der Waals surface area contributed by atoms with Crippen LogP contribution in [-0.2, 0) is 13.0 Å². The third kappa shape index (κ3) is 1.44. The number of rotatable bonds is 1. The first-order valence-corrected chi connectivity index (χ1v) is 5.72. The third-order valence-electron chi connectivity index (χ3n) is 3.39. The van der Waals surface area contributed by atoms with Gasteiger partial charge in [0.2, 0.25) is 0 Å². The lowest BCUT2D eigenvalue weighted by Crippen LogP contribution is -2.37. The molecule has 1 aliphatic heterocycles. The molecule has 16 heavy (non-hydrogen) atoms. The van der Waals surface area contributed by atoms with E-state index in [2.05, 4.69) is 35.4 Å². The molecular formula is C13H16N2O. The number of aryl methyl sites for hydroxylation is 1. The second-order valence-electron chi connectivity index (χ2n) is 4.60. The van der Waals surface area contributed by atoms with Gasteiger partial charge in [-0.25, -0.2) is 0 Å². The molecule has 3 nitrogen and oxygen atoms in total. The monoisotopic (exact) mass is 216 g/mol.